The first-order valence-electron chi connectivity index (χ1n) is 6.26. The van der Waals surface area contributed by atoms with Crippen LogP contribution in [0.15, 0.2) is 12.1 Å². The summed E-state index contributed by atoms with van der Waals surface area (Å²) in [6.45, 7) is 2.25. The molecule has 0 aliphatic heterocycles. The normalized spacial score (nSPS) is 26.5. The van der Waals surface area contributed by atoms with Crippen LogP contribution in [0, 0.1) is 11.8 Å². The molecule has 0 aromatic carbocycles. The van der Waals surface area contributed by atoms with Crippen molar-refractivity contribution in [2.45, 2.75) is 38.7 Å². The summed E-state index contributed by atoms with van der Waals surface area (Å²) in [5.41, 5.74) is 0.657. The van der Waals surface area contributed by atoms with Gasteiger partial charge in [-0.05, 0) is 30.7 Å². The molecular formula is C13H20N2O2. The van der Waals surface area contributed by atoms with Gasteiger partial charge in [0, 0.05) is 6.07 Å². The highest BCUT2D eigenvalue weighted by atomic mass is 16.5. The SMILES string of the molecule is COc1ccc(C(O)C2CCCC(C)C2)nn1. The largest absolute Gasteiger partial charge is 0.480 e. The van der Waals surface area contributed by atoms with E-state index in [9.17, 15) is 5.11 Å². The highest BCUT2D eigenvalue weighted by Crippen LogP contribution is 2.36. The van der Waals surface area contributed by atoms with Gasteiger partial charge in [0.1, 0.15) is 6.10 Å². The van der Waals surface area contributed by atoms with Crippen molar-refractivity contribution in [3.8, 4) is 5.88 Å². The zero-order valence-corrected chi connectivity index (χ0v) is 10.5. The topological polar surface area (TPSA) is 55.2 Å². The Morgan fingerprint density at radius 1 is 1.35 bits per heavy atom. The van der Waals surface area contributed by atoms with Crippen LogP contribution in [0.5, 0.6) is 5.88 Å². The molecule has 1 aliphatic carbocycles. The maximum Gasteiger partial charge on any atom is 0.233 e. The molecule has 1 aromatic rings. The van der Waals surface area contributed by atoms with Gasteiger partial charge in [-0.3, -0.25) is 0 Å². The Kier molecular flexibility index (Phi) is 3.94. The smallest absolute Gasteiger partial charge is 0.233 e. The maximum absolute atomic E-state index is 10.3. The Hall–Kier alpha value is -1.16. The lowest BCUT2D eigenvalue weighted by Gasteiger charge is -2.29. The molecule has 1 aromatic heterocycles. The van der Waals surface area contributed by atoms with Gasteiger partial charge >= 0.3 is 0 Å². The summed E-state index contributed by atoms with van der Waals surface area (Å²) in [7, 11) is 1.56. The lowest BCUT2D eigenvalue weighted by atomic mass is 9.79. The molecule has 0 saturated heterocycles. The molecular weight excluding hydrogens is 216 g/mol. The molecule has 1 aliphatic rings. The zero-order valence-electron chi connectivity index (χ0n) is 10.5. The van der Waals surface area contributed by atoms with Gasteiger partial charge in [-0.15, -0.1) is 10.2 Å². The molecule has 3 atom stereocenters. The number of nitrogens with zero attached hydrogens (tertiary/aromatic N) is 2. The van der Waals surface area contributed by atoms with Crippen LogP contribution in [0.4, 0.5) is 0 Å². The Morgan fingerprint density at radius 3 is 2.76 bits per heavy atom. The molecule has 1 N–H and O–H groups in total. The molecule has 2 rings (SSSR count). The van der Waals surface area contributed by atoms with Crippen LogP contribution in [0.3, 0.4) is 0 Å². The van der Waals surface area contributed by atoms with E-state index in [4.69, 9.17) is 4.74 Å². The highest BCUT2D eigenvalue weighted by molar-refractivity contribution is 5.13. The van der Waals surface area contributed by atoms with Gasteiger partial charge in [0.25, 0.3) is 0 Å². The third-order valence-corrected chi connectivity index (χ3v) is 3.60. The first-order chi connectivity index (χ1) is 8.20. The second-order valence-electron chi connectivity index (χ2n) is 4.98. The summed E-state index contributed by atoms with van der Waals surface area (Å²) in [6.07, 6.45) is 4.15. The van der Waals surface area contributed by atoms with Crippen molar-refractivity contribution in [3.05, 3.63) is 17.8 Å². The monoisotopic (exact) mass is 236 g/mol. The minimum absolute atomic E-state index is 0.321. The molecule has 4 nitrogen and oxygen atoms in total. The Morgan fingerprint density at radius 2 is 2.18 bits per heavy atom. The van der Waals surface area contributed by atoms with Crippen molar-refractivity contribution in [1.82, 2.24) is 10.2 Å². The first kappa shape index (κ1) is 12.3. The van der Waals surface area contributed by atoms with Crippen LogP contribution >= 0.6 is 0 Å². The molecule has 0 radical (unpaired) electrons. The maximum atomic E-state index is 10.3. The van der Waals surface area contributed by atoms with Gasteiger partial charge in [-0.2, -0.15) is 0 Å². The predicted octanol–water partition coefficient (Wildman–Crippen LogP) is 2.34. The molecule has 1 fully saturated rings. The minimum atomic E-state index is -0.490. The minimum Gasteiger partial charge on any atom is -0.480 e. The Labute approximate surface area is 102 Å². The molecule has 0 spiro atoms. The van der Waals surface area contributed by atoms with E-state index in [2.05, 4.69) is 17.1 Å². The van der Waals surface area contributed by atoms with Crippen molar-refractivity contribution in [2.75, 3.05) is 7.11 Å². The number of ether oxygens (including phenoxy) is 1. The standard InChI is InChI=1S/C13H20N2O2/c1-9-4-3-5-10(8-9)13(16)11-6-7-12(17-2)15-14-11/h6-7,9-10,13,16H,3-5,8H2,1-2H3. The number of hydrogen-bond acceptors (Lipinski definition) is 4. The molecule has 1 heterocycles. The van der Waals surface area contributed by atoms with Crippen LogP contribution in [0.2, 0.25) is 0 Å². The zero-order chi connectivity index (χ0) is 12.3. The molecule has 3 unspecified atom stereocenters. The van der Waals surface area contributed by atoms with E-state index in [0.29, 0.717) is 23.4 Å². The third-order valence-electron chi connectivity index (χ3n) is 3.60. The van der Waals surface area contributed by atoms with E-state index in [-0.39, 0.29) is 0 Å². The van der Waals surface area contributed by atoms with Gasteiger partial charge in [-0.25, -0.2) is 0 Å². The van der Waals surface area contributed by atoms with E-state index in [0.717, 1.165) is 12.8 Å². The van der Waals surface area contributed by atoms with Crippen molar-refractivity contribution in [2.24, 2.45) is 11.8 Å². The molecule has 17 heavy (non-hydrogen) atoms. The van der Waals surface area contributed by atoms with E-state index < -0.39 is 6.10 Å². The van der Waals surface area contributed by atoms with Crippen LogP contribution in [-0.4, -0.2) is 22.4 Å². The predicted molar refractivity (Wildman–Crippen MR) is 64.7 cm³/mol. The van der Waals surface area contributed by atoms with E-state index >= 15 is 0 Å². The van der Waals surface area contributed by atoms with Crippen LogP contribution in [-0.2, 0) is 0 Å². The number of methoxy groups -OCH3 is 1. The van der Waals surface area contributed by atoms with Gasteiger partial charge in [-0.1, -0.05) is 19.8 Å². The quantitative estimate of drug-likeness (QED) is 0.875. The molecule has 1 saturated carbocycles. The third kappa shape index (κ3) is 2.94. The van der Waals surface area contributed by atoms with Crippen molar-refractivity contribution >= 4 is 0 Å². The van der Waals surface area contributed by atoms with Gasteiger partial charge in [0.05, 0.1) is 12.8 Å². The molecule has 4 heteroatoms. The number of aliphatic hydroxyl groups is 1. The molecule has 0 bridgehead atoms. The second kappa shape index (κ2) is 5.45. The summed E-state index contributed by atoms with van der Waals surface area (Å²) in [5.74, 6) is 1.51. The van der Waals surface area contributed by atoms with Crippen LogP contribution < -0.4 is 4.74 Å². The van der Waals surface area contributed by atoms with Crippen LogP contribution in [0.1, 0.15) is 44.4 Å². The van der Waals surface area contributed by atoms with E-state index in [1.54, 1.807) is 19.2 Å². The lowest BCUT2D eigenvalue weighted by Crippen LogP contribution is -2.21. The van der Waals surface area contributed by atoms with Crippen molar-refractivity contribution < 1.29 is 9.84 Å². The summed E-state index contributed by atoms with van der Waals surface area (Å²) in [6, 6.07) is 3.55. The fourth-order valence-corrected chi connectivity index (χ4v) is 2.61. The lowest BCUT2D eigenvalue weighted by molar-refractivity contribution is 0.0671. The highest BCUT2D eigenvalue weighted by Gasteiger charge is 2.27. The average molecular weight is 236 g/mol. The number of rotatable bonds is 3. The molecule has 94 valence electrons. The average Bonchev–Trinajstić information content (AvgIpc) is 2.38. The summed E-state index contributed by atoms with van der Waals surface area (Å²) >= 11 is 0. The van der Waals surface area contributed by atoms with Crippen LogP contribution in [0.25, 0.3) is 0 Å². The summed E-state index contributed by atoms with van der Waals surface area (Å²) < 4.78 is 4.96. The summed E-state index contributed by atoms with van der Waals surface area (Å²) in [5, 5.41) is 18.2. The van der Waals surface area contributed by atoms with Gasteiger partial charge in [0.15, 0.2) is 0 Å². The van der Waals surface area contributed by atoms with E-state index in [1.807, 2.05) is 0 Å². The number of hydrogen-bond donors (Lipinski definition) is 1. The number of aromatic nitrogens is 2. The summed E-state index contributed by atoms with van der Waals surface area (Å²) in [4.78, 5) is 0. The van der Waals surface area contributed by atoms with E-state index in [1.165, 1.54) is 12.8 Å². The fraction of sp³-hybridized carbons (Fsp3) is 0.692. The van der Waals surface area contributed by atoms with Gasteiger partial charge in [0.2, 0.25) is 5.88 Å². The Bertz CT molecular complexity index is 353. The Balaban J connectivity index is 2.04. The van der Waals surface area contributed by atoms with Crippen molar-refractivity contribution in [1.29, 1.82) is 0 Å². The van der Waals surface area contributed by atoms with Gasteiger partial charge < -0.3 is 9.84 Å². The first-order valence-corrected chi connectivity index (χ1v) is 6.26. The number of aliphatic hydroxyl groups excluding tert-OH is 1. The second-order valence-corrected chi connectivity index (χ2v) is 4.98. The fourth-order valence-electron chi connectivity index (χ4n) is 2.61. The van der Waals surface area contributed by atoms with Crippen molar-refractivity contribution in [3.63, 3.8) is 0 Å². The molecule has 0 amide bonds.